The molecule has 0 aliphatic heterocycles. The summed E-state index contributed by atoms with van der Waals surface area (Å²) in [5.74, 6) is 0. The summed E-state index contributed by atoms with van der Waals surface area (Å²) in [6, 6.07) is 36.3. The summed E-state index contributed by atoms with van der Waals surface area (Å²) < 4.78 is 11.9. The Morgan fingerprint density at radius 3 is 1.56 bits per heavy atom. The number of para-hydroxylation sites is 4. The zero-order valence-electron chi connectivity index (χ0n) is 26.8. The highest BCUT2D eigenvalue weighted by molar-refractivity contribution is 7.36. The summed E-state index contributed by atoms with van der Waals surface area (Å²) in [4.78, 5) is 4.10. The molecule has 6 heterocycles. The van der Waals surface area contributed by atoms with Crippen molar-refractivity contribution in [3.63, 3.8) is 0 Å². The number of aromatic nitrogens is 2. The molecule has 6 aromatic heterocycles. The number of rotatable bonds is 2. The summed E-state index contributed by atoms with van der Waals surface area (Å²) in [6.07, 6.45) is 0. The monoisotopic (exact) mass is 688 g/mol. The fourth-order valence-electron chi connectivity index (χ4n) is 8.19. The fraction of sp³-hybridized carbons (Fsp3) is 0.0952. The van der Waals surface area contributed by atoms with E-state index in [-0.39, 0.29) is 0 Å². The van der Waals surface area contributed by atoms with E-state index in [1.165, 1.54) is 115 Å². The molecule has 0 amide bonds. The molecule has 0 atom stereocenters. The molecule has 0 aliphatic rings. The highest BCUT2D eigenvalue weighted by Gasteiger charge is 2.24. The molecular weight excluding hydrogens is 661 g/mol. The maximum atomic E-state index is 2.51. The van der Waals surface area contributed by atoms with Crippen LogP contribution in [0, 0.1) is 13.8 Å². The highest BCUT2D eigenvalue weighted by atomic mass is 32.1. The van der Waals surface area contributed by atoms with E-state index in [0.29, 0.717) is 0 Å². The first kappa shape index (κ1) is 27.5. The van der Waals surface area contributed by atoms with Crippen LogP contribution in [0.1, 0.15) is 10.4 Å². The summed E-state index contributed by atoms with van der Waals surface area (Å²) in [5, 5.41) is 9.52. The van der Waals surface area contributed by atoms with Gasteiger partial charge >= 0.3 is 0 Å². The summed E-state index contributed by atoms with van der Waals surface area (Å²) in [5.41, 5.74) is 9.24. The average Bonchev–Trinajstić information content (AvgIpc) is 3.95. The van der Waals surface area contributed by atoms with Gasteiger partial charge in [-0.25, -0.2) is 0 Å². The van der Waals surface area contributed by atoms with E-state index in [2.05, 4.69) is 134 Å². The minimum absolute atomic E-state index is 1.28. The standard InChI is InChI=1S/C42H28N2S4/c1-21-22(2)45-42-35-29-19-33(27-15-9-13-25-23-11-5-7-17-31(23)43(3)36(25)27)46-40(29)41-30(39(35)48-38(21)42)20-34(47-41)28-16-10-14-26-24-12-6-8-18-32(24)44(4)37(26)28/h5-20H,1-4H3. The van der Waals surface area contributed by atoms with Gasteiger partial charge in [0.25, 0.3) is 0 Å². The number of hydrogen-bond acceptors (Lipinski definition) is 4. The van der Waals surface area contributed by atoms with E-state index in [9.17, 15) is 0 Å². The van der Waals surface area contributed by atoms with Crippen molar-refractivity contribution in [3.8, 4) is 20.9 Å². The lowest BCUT2D eigenvalue weighted by atomic mass is 10.0. The zero-order valence-corrected chi connectivity index (χ0v) is 30.0. The maximum Gasteiger partial charge on any atom is 0.0576 e. The maximum absolute atomic E-state index is 2.51. The van der Waals surface area contributed by atoms with Gasteiger partial charge in [0.1, 0.15) is 0 Å². The number of benzene rings is 5. The Morgan fingerprint density at radius 1 is 0.438 bits per heavy atom. The van der Waals surface area contributed by atoms with E-state index >= 15 is 0 Å². The Morgan fingerprint density at radius 2 is 0.958 bits per heavy atom. The smallest absolute Gasteiger partial charge is 0.0576 e. The van der Waals surface area contributed by atoms with E-state index in [4.69, 9.17) is 0 Å². The first-order chi connectivity index (χ1) is 23.5. The van der Waals surface area contributed by atoms with Gasteiger partial charge in [0, 0.05) is 98.0 Å². The number of thiophene rings is 4. The van der Waals surface area contributed by atoms with Crippen LogP contribution in [0.5, 0.6) is 0 Å². The van der Waals surface area contributed by atoms with Gasteiger partial charge in [0.15, 0.2) is 0 Å². The Labute approximate surface area is 292 Å². The number of hydrogen-bond donors (Lipinski definition) is 0. The molecule has 11 rings (SSSR count). The van der Waals surface area contributed by atoms with Gasteiger partial charge in [0.05, 0.1) is 25.1 Å². The predicted octanol–water partition coefficient (Wildman–Crippen LogP) is 13.8. The Kier molecular flexibility index (Phi) is 5.49. The van der Waals surface area contributed by atoms with Crippen LogP contribution in [0.3, 0.4) is 0 Å². The molecule has 48 heavy (non-hydrogen) atoms. The Hall–Kier alpha value is -4.46. The third-order valence-corrected chi connectivity index (χ3v) is 15.8. The zero-order chi connectivity index (χ0) is 32.0. The number of nitrogens with zero attached hydrogens (tertiary/aromatic N) is 2. The van der Waals surface area contributed by atoms with Gasteiger partial charge in [0.2, 0.25) is 0 Å². The van der Waals surface area contributed by atoms with Crippen molar-refractivity contribution in [2.45, 2.75) is 13.8 Å². The van der Waals surface area contributed by atoms with Gasteiger partial charge in [-0.2, -0.15) is 0 Å². The summed E-state index contributed by atoms with van der Waals surface area (Å²) in [7, 11) is 4.44. The fourth-order valence-corrected chi connectivity index (χ4v) is 13.6. The second kappa shape index (κ2) is 9.58. The SMILES string of the molecule is Cc1sc2c(sc3c4cc(-c5cccc6c7ccccc7n(C)c56)sc4c4sc(-c5cccc6c7ccccc7n(C)c56)cc4c23)c1C. The van der Waals surface area contributed by atoms with Crippen molar-refractivity contribution >= 4 is 129 Å². The number of fused-ring (bicyclic) bond motifs is 14. The molecule has 0 bridgehead atoms. The Bertz CT molecular complexity index is 3170. The molecule has 0 unspecified atom stereocenters. The van der Waals surface area contributed by atoms with Gasteiger partial charge in [-0.1, -0.05) is 72.8 Å². The van der Waals surface area contributed by atoms with Crippen LogP contribution in [0.2, 0.25) is 0 Å². The third-order valence-electron chi connectivity index (χ3n) is 10.6. The lowest BCUT2D eigenvalue weighted by Crippen LogP contribution is -1.88. The molecule has 6 heteroatoms. The molecule has 0 saturated carbocycles. The van der Waals surface area contributed by atoms with Gasteiger partial charge < -0.3 is 9.13 Å². The highest BCUT2D eigenvalue weighted by Crippen LogP contribution is 2.54. The summed E-state index contributed by atoms with van der Waals surface area (Å²) in [6.45, 7) is 4.58. The summed E-state index contributed by atoms with van der Waals surface area (Å²) >= 11 is 7.91. The normalized spacial score (nSPS) is 12.6. The van der Waals surface area contributed by atoms with E-state index in [1.807, 2.05) is 45.3 Å². The first-order valence-electron chi connectivity index (χ1n) is 16.2. The minimum Gasteiger partial charge on any atom is -0.343 e. The van der Waals surface area contributed by atoms with Crippen LogP contribution in [0.25, 0.3) is 104 Å². The van der Waals surface area contributed by atoms with Crippen LogP contribution in [-0.4, -0.2) is 9.13 Å². The molecule has 0 saturated heterocycles. The lowest BCUT2D eigenvalue weighted by Gasteiger charge is -2.04. The topological polar surface area (TPSA) is 9.86 Å². The van der Waals surface area contributed by atoms with Crippen LogP contribution in [0.15, 0.2) is 97.1 Å². The average molecular weight is 689 g/mol. The van der Waals surface area contributed by atoms with Crippen molar-refractivity contribution in [1.29, 1.82) is 0 Å². The predicted molar refractivity (Wildman–Crippen MR) is 216 cm³/mol. The molecule has 0 N–H and O–H groups in total. The molecule has 0 spiro atoms. The lowest BCUT2D eigenvalue weighted by molar-refractivity contribution is 1.02. The number of aryl methyl sites for hydroxylation is 4. The van der Waals surface area contributed by atoms with Crippen LogP contribution < -0.4 is 0 Å². The molecule has 230 valence electrons. The molecule has 11 aromatic rings. The van der Waals surface area contributed by atoms with Crippen LogP contribution in [0.4, 0.5) is 0 Å². The first-order valence-corrected chi connectivity index (χ1v) is 19.5. The largest absolute Gasteiger partial charge is 0.343 e. The van der Waals surface area contributed by atoms with Crippen LogP contribution >= 0.6 is 45.3 Å². The molecule has 0 fully saturated rings. The van der Waals surface area contributed by atoms with Gasteiger partial charge in [-0.15, -0.1) is 45.3 Å². The van der Waals surface area contributed by atoms with Crippen molar-refractivity contribution in [1.82, 2.24) is 9.13 Å². The van der Waals surface area contributed by atoms with Gasteiger partial charge in [-0.05, 0) is 43.7 Å². The second-order valence-electron chi connectivity index (χ2n) is 13.0. The van der Waals surface area contributed by atoms with Crippen molar-refractivity contribution in [3.05, 3.63) is 108 Å². The van der Waals surface area contributed by atoms with Crippen LogP contribution in [-0.2, 0) is 14.1 Å². The third kappa shape index (κ3) is 3.41. The van der Waals surface area contributed by atoms with Crippen molar-refractivity contribution in [2.24, 2.45) is 14.1 Å². The molecular formula is C42H28N2S4. The Balaban J connectivity index is 1.26. The molecule has 0 radical (unpaired) electrons. The van der Waals surface area contributed by atoms with E-state index in [0.717, 1.165) is 0 Å². The van der Waals surface area contributed by atoms with E-state index in [1.54, 1.807) is 0 Å². The van der Waals surface area contributed by atoms with Gasteiger partial charge in [-0.3, -0.25) is 0 Å². The van der Waals surface area contributed by atoms with Crippen molar-refractivity contribution < 1.29 is 0 Å². The second-order valence-corrected chi connectivity index (χ2v) is 17.4. The van der Waals surface area contributed by atoms with E-state index < -0.39 is 0 Å². The quantitative estimate of drug-likeness (QED) is 0.171. The molecule has 5 aromatic carbocycles. The molecule has 0 aliphatic carbocycles. The molecule has 2 nitrogen and oxygen atoms in total. The minimum atomic E-state index is 1.28. The van der Waals surface area contributed by atoms with Crippen molar-refractivity contribution in [2.75, 3.05) is 0 Å².